The molecule has 0 fully saturated rings. The summed E-state index contributed by atoms with van der Waals surface area (Å²) >= 11 is -2.00. The van der Waals surface area contributed by atoms with Gasteiger partial charge in [-0.25, -0.2) is 0 Å². The summed E-state index contributed by atoms with van der Waals surface area (Å²) in [7, 11) is -5.17. The average Bonchev–Trinajstić information content (AvgIpc) is 1.27. The van der Waals surface area contributed by atoms with Gasteiger partial charge in [-0.2, -0.15) is 0 Å². The summed E-state index contributed by atoms with van der Waals surface area (Å²) < 4.78 is 51.1. The SMILES string of the molecule is O=S(=O)([O-])[O-].[Fe+2].[O]=[Ti]=[O]. The van der Waals surface area contributed by atoms with Crippen molar-refractivity contribution >= 4 is 10.4 Å². The van der Waals surface area contributed by atoms with Crippen LogP contribution in [-0.2, 0) is 53.2 Å². The summed E-state index contributed by atoms with van der Waals surface area (Å²) in [6, 6.07) is 0. The van der Waals surface area contributed by atoms with Crippen LogP contribution in [0.5, 0.6) is 0 Å². The Bertz CT molecular complexity index is 153. The molecule has 0 N–H and O–H groups in total. The van der Waals surface area contributed by atoms with Crippen molar-refractivity contribution in [2.24, 2.45) is 0 Å². The molecule has 0 aliphatic heterocycles. The van der Waals surface area contributed by atoms with Gasteiger partial charge in [0.05, 0.1) is 0 Å². The molecular weight excluding hydrogens is 232 g/mol. The van der Waals surface area contributed by atoms with Crippen molar-refractivity contribution in [3.63, 3.8) is 0 Å². The molecule has 9 heavy (non-hydrogen) atoms. The van der Waals surface area contributed by atoms with Crippen LogP contribution in [0, 0.1) is 0 Å². The minimum absolute atomic E-state index is 0. The second-order valence-electron chi connectivity index (χ2n) is 0.492. The predicted octanol–water partition coefficient (Wildman–Crippen LogP) is -1.58. The van der Waals surface area contributed by atoms with Crippen molar-refractivity contribution in [1.82, 2.24) is 0 Å². The van der Waals surface area contributed by atoms with Crippen LogP contribution in [0.4, 0.5) is 0 Å². The predicted molar refractivity (Wildman–Crippen MR) is 11.8 cm³/mol. The second-order valence-corrected chi connectivity index (χ2v) is 1.57. The number of hydrogen-bond acceptors (Lipinski definition) is 6. The molecule has 0 saturated carbocycles. The third-order valence-corrected chi connectivity index (χ3v) is 0. The zero-order valence-electron chi connectivity index (χ0n) is 3.71. The summed E-state index contributed by atoms with van der Waals surface area (Å²) in [4.78, 5) is 0. The normalized spacial score (nSPS) is 7.33. The molecule has 0 heterocycles. The fourth-order valence-electron chi connectivity index (χ4n) is 0. The van der Waals surface area contributed by atoms with Gasteiger partial charge in [0.1, 0.15) is 0 Å². The molecule has 0 aromatic rings. The molecule has 6 nitrogen and oxygen atoms in total. The Morgan fingerprint density at radius 2 is 1.11 bits per heavy atom. The molecular formula is FeO6STi. The second kappa shape index (κ2) is 8.70. The zero-order valence-corrected chi connectivity index (χ0v) is 7.19. The first-order valence-electron chi connectivity index (χ1n) is 1.07. The van der Waals surface area contributed by atoms with Crippen molar-refractivity contribution in [3.05, 3.63) is 0 Å². The van der Waals surface area contributed by atoms with E-state index >= 15 is 0 Å². The summed E-state index contributed by atoms with van der Waals surface area (Å²) in [6.07, 6.45) is 0. The van der Waals surface area contributed by atoms with Crippen molar-refractivity contribution < 1.29 is 60.3 Å². The standard InChI is InChI=1S/Fe.H2O4S.2O.Ti/c;1-5(2,3)4;;;/h;(H2,1,2,3,4);;;/q+2;;;;/p-2. The van der Waals surface area contributed by atoms with Crippen LogP contribution in [0.1, 0.15) is 0 Å². The molecule has 9 heteroatoms. The fourth-order valence-corrected chi connectivity index (χ4v) is 0. The van der Waals surface area contributed by atoms with E-state index in [0.29, 0.717) is 0 Å². The Balaban J connectivity index is -0.0000000800. The molecule has 0 aliphatic carbocycles. The zero-order chi connectivity index (χ0) is 7.21. The molecule has 54 valence electrons. The maximum absolute atomic E-state index is 8.52. The fraction of sp³-hybridized carbons (Fsp3) is 0. The van der Waals surface area contributed by atoms with Crippen molar-refractivity contribution in [2.75, 3.05) is 0 Å². The first-order chi connectivity index (χ1) is 3.41. The van der Waals surface area contributed by atoms with E-state index in [1.165, 1.54) is 0 Å². The van der Waals surface area contributed by atoms with Crippen LogP contribution < -0.4 is 0 Å². The van der Waals surface area contributed by atoms with Crippen molar-refractivity contribution in [3.8, 4) is 0 Å². The van der Waals surface area contributed by atoms with Crippen LogP contribution in [-0.4, -0.2) is 17.5 Å². The molecule has 0 unspecified atom stereocenters. The summed E-state index contributed by atoms with van der Waals surface area (Å²) in [5.41, 5.74) is 0. The van der Waals surface area contributed by atoms with Crippen molar-refractivity contribution in [1.29, 1.82) is 0 Å². The molecule has 0 aliphatic rings. The third kappa shape index (κ3) is 790. The summed E-state index contributed by atoms with van der Waals surface area (Å²) in [5, 5.41) is 0. The van der Waals surface area contributed by atoms with Crippen LogP contribution in [0.15, 0.2) is 0 Å². The van der Waals surface area contributed by atoms with Gasteiger partial charge in [0.2, 0.25) is 0 Å². The van der Waals surface area contributed by atoms with E-state index < -0.39 is 29.5 Å². The quantitative estimate of drug-likeness (QED) is 0.282. The van der Waals surface area contributed by atoms with Gasteiger partial charge >= 0.3 is 42.8 Å². The Hall–Kier alpha value is 0.704. The Kier molecular flexibility index (Phi) is 15.8. The van der Waals surface area contributed by atoms with E-state index in [0.717, 1.165) is 0 Å². The Morgan fingerprint density at radius 3 is 1.11 bits per heavy atom. The van der Waals surface area contributed by atoms with Gasteiger partial charge < -0.3 is 9.11 Å². The van der Waals surface area contributed by atoms with Gasteiger partial charge in [-0.3, -0.25) is 8.42 Å². The molecule has 0 saturated heterocycles. The minimum atomic E-state index is -5.17. The maximum atomic E-state index is 8.52. The topological polar surface area (TPSA) is 114 Å². The van der Waals surface area contributed by atoms with Gasteiger partial charge in [-0.15, -0.1) is 0 Å². The molecule has 0 amide bonds. The first kappa shape index (κ1) is 16.4. The first-order valence-corrected chi connectivity index (χ1v) is 3.68. The summed E-state index contributed by atoms with van der Waals surface area (Å²) in [5.74, 6) is 0. The van der Waals surface area contributed by atoms with Crippen LogP contribution in [0.2, 0.25) is 0 Å². The van der Waals surface area contributed by atoms with Crippen molar-refractivity contribution in [2.45, 2.75) is 0 Å². The average molecular weight is 232 g/mol. The van der Waals surface area contributed by atoms with Gasteiger partial charge in [0.25, 0.3) is 0 Å². The molecule has 0 atom stereocenters. The molecule has 0 bridgehead atoms. The van der Waals surface area contributed by atoms with E-state index in [1.54, 1.807) is 0 Å². The van der Waals surface area contributed by atoms with E-state index in [1.807, 2.05) is 0 Å². The molecule has 0 rings (SSSR count). The third-order valence-electron chi connectivity index (χ3n) is 0. The van der Waals surface area contributed by atoms with E-state index in [-0.39, 0.29) is 17.1 Å². The van der Waals surface area contributed by atoms with Crippen LogP contribution >= 0.6 is 0 Å². The molecule has 0 aromatic carbocycles. The Morgan fingerprint density at radius 1 is 1.11 bits per heavy atom. The van der Waals surface area contributed by atoms with Gasteiger partial charge in [0.15, 0.2) is 0 Å². The van der Waals surface area contributed by atoms with Gasteiger partial charge in [-0.1, -0.05) is 0 Å². The molecule has 0 spiro atoms. The molecule has 0 aromatic heterocycles. The van der Waals surface area contributed by atoms with Crippen LogP contribution in [0.3, 0.4) is 0 Å². The van der Waals surface area contributed by atoms with E-state index in [2.05, 4.69) is 0 Å². The van der Waals surface area contributed by atoms with E-state index in [9.17, 15) is 0 Å². The van der Waals surface area contributed by atoms with E-state index in [4.69, 9.17) is 24.2 Å². The monoisotopic (exact) mass is 232 g/mol. The number of rotatable bonds is 0. The van der Waals surface area contributed by atoms with Gasteiger partial charge in [-0.05, 0) is 0 Å². The number of hydrogen-bond donors (Lipinski definition) is 0. The van der Waals surface area contributed by atoms with Crippen LogP contribution in [0.25, 0.3) is 0 Å². The van der Waals surface area contributed by atoms with Gasteiger partial charge in [0, 0.05) is 10.4 Å². The Labute approximate surface area is 70.6 Å². The summed E-state index contributed by atoms with van der Waals surface area (Å²) in [6.45, 7) is 0. The molecule has 0 radical (unpaired) electrons.